The number of thioether (sulfide) groups is 1. The summed E-state index contributed by atoms with van der Waals surface area (Å²) in [4.78, 5) is 14.5. The molecule has 0 amide bonds. The first-order valence-corrected chi connectivity index (χ1v) is 6.17. The number of carboxylic acids is 1. The number of halogens is 2. The van der Waals surface area contributed by atoms with E-state index in [1.165, 1.54) is 10.7 Å². The van der Waals surface area contributed by atoms with Crippen LogP contribution in [0, 0.1) is 11.6 Å². The molecular formula is C11H9F2N3O2S. The Morgan fingerprint density at radius 1 is 1.47 bits per heavy atom. The first-order valence-electron chi connectivity index (χ1n) is 5.18. The van der Waals surface area contributed by atoms with Gasteiger partial charge in [0.15, 0.2) is 11.0 Å². The van der Waals surface area contributed by atoms with Gasteiger partial charge in [-0.2, -0.15) is 5.10 Å². The average molecular weight is 285 g/mol. The highest BCUT2D eigenvalue weighted by atomic mass is 32.2. The van der Waals surface area contributed by atoms with Crippen LogP contribution < -0.4 is 0 Å². The van der Waals surface area contributed by atoms with Gasteiger partial charge in [-0.25, -0.2) is 18.4 Å². The van der Waals surface area contributed by atoms with Gasteiger partial charge in [-0.1, -0.05) is 11.8 Å². The summed E-state index contributed by atoms with van der Waals surface area (Å²) in [5.41, 5.74) is 0.0687. The van der Waals surface area contributed by atoms with Gasteiger partial charge in [0.2, 0.25) is 0 Å². The molecule has 1 N–H and O–H groups in total. The molecule has 0 atom stereocenters. The van der Waals surface area contributed by atoms with Crippen molar-refractivity contribution in [2.45, 2.75) is 5.16 Å². The lowest BCUT2D eigenvalue weighted by Crippen LogP contribution is -2.00. The van der Waals surface area contributed by atoms with Gasteiger partial charge in [0, 0.05) is 13.1 Å². The molecule has 0 spiro atoms. The molecular weight excluding hydrogens is 276 g/mol. The standard InChI is InChI=1S/C11H9F2N3O2S/c1-16-11(19-5-9(17)18)14-10(15-16)7-3-2-6(12)4-8(7)13/h2-4H,5H2,1H3,(H,17,18). The summed E-state index contributed by atoms with van der Waals surface area (Å²) < 4.78 is 27.7. The van der Waals surface area contributed by atoms with Crippen LogP contribution in [0.4, 0.5) is 8.78 Å². The summed E-state index contributed by atoms with van der Waals surface area (Å²) in [5.74, 6) is -2.51. The first-order chi connectivity index (χ1) is 8.97. The lowest BCUT2D eigenvalue weighted by molar-refractivity contribution is -0.133. The van der Waals surface area contributed by atoms with Crippen LogP contribution in [0.1, 0.15) is 0 Å². The maximum Gasteiger partial charge on any atom is 0.313 e. The van der Waals surface area contributed by atoms with Crippen LogP contribution in [0.25, 0.3) is 11.4 Å². The van der Waals surface area contributed by atoms with Crippen LogP contribution in [-0.4, -0.2) is 31.6 Å². The van der Waals surface area contributed by atoms with E-state index in [0.29, 0.717) is 5.16 Å². The number of aliphatic carboxylic acids is 1. The van der Waals surface area contributed by atoms with E-state index in [1.807, 2.05) is 0 Å². The lowest BCUT2D eigenvalue weighted by Gasteiger charge is -1.97. The summed E-state index contributed by atoms with van der Waals surface area (Å²) in [6.45, 7) is 0. The number of aryl methyl sites for hydroxylation is 1. The van der Waals surface area contributed by atoms with Crippen molar-refractivity contribution in [1.82, 2.24) is 14.8 Å². The second kappa shape index (κ2) is 5.35. The predicted molar refractivity (Wildman–Crippen MR) is 64.7 cm³/mol. The molecule has 0 aliphatic carbocycles. The van der Waals surface area contributed by atoms with Gasteiger partial charge in [0.05, 0.1) is 11.3 Å². The van der Waals surface area contributed by atoms with Crippen LogP contribution in [0.3, 0.4) is 0 Å². The zero-order valence-electron chi connectivity index (χ0n) is 9.80. The molecule has 0 saturated heterocycles. The number of carbonyl (C=O) groups is 1. The van der Waals surface area contributed by atoms with Crippen molar-refractivity contribution in [2.24, 2.45) is 7.05 Å². The van der Waals surface area contributed by atoms with Crippen LogP contribution in [0.15, 0.2) is 23.4 Å². The summed E-state index contributed by atoms with van der Waals surface area (Å²) in [7, 11) is 1.57. The normalized spacial score (nSPS) is 10.7. The molecule has 1 aromatic heterocycles. The van der Waals surface area contributed by atoms with E-state index in [-0.39, 0.29) is 17.1 Å². The molecule has 0 bridgehead atoms. The molecule has 2 rings (SSSR count). The minimum atomic E-state index is -0.984. The zero-order valence-corrected chi connectivity index (χ0v) is 10.6. The van der Waals surface area contributed by atoms with Crippen molar-refractivity contribution in [3.05, 3.63) is 29.8 Å². The molecule has 5 nitrogen and oxygen atoms in total. The number of hydrogen-bond donors (Lipinski definition) is 1. The summed E-state index contributed by atoms with van der Waals surface area (Å²) in [6, 6.07) is 3.10. The molecule has 0 unspecified atom stereocenters. The van der Waals surface area contributed by atoms with Gasteiger partial charge in [-0.05, 0) is 12.1 Å². The van der Waals surface area contributed by atoms with Crippen molar-refractivity contribution in [3.8, 4) is 11.4 Å². The lowest BCUT2D eigenvalue weighted by atomic mass is 10.2. The number of aromatic nitrogens is 3. The van der Waals surface area contributed by atoms with Gasteiger partial charge in [0.1, 0.15) is 11.6 Å². The predicted octanol–water partition coefficient (Wildman–Crippen LogP) is 1.94. The van der Waals surface area contributed by atoms with Gasteiger partial charge in [-0.15, -0.1) is 0 Å². The Morgan fingerprint density at radius 3 is 2.84 bits per heavy atom. The molecule has 100 valence electrons. The Balaban J connectivity index is 2.31. The highest BCUT2D eigenvalue weighted by Gasteiger charge is 2.14. The van der Waals surface area contributed by atoms with E-state index >= 15 is 0 Å². The molecule has 0 aliphatic rings. The van der Waals surface area contributed by atoms with E-state index in [0.717, 1.165) is 23.9 Å². The smallest absolute Gasteiger partial charge is 0.313 e. The van der Waals surface area contributed by atoms with E-state index in [4.69, 9.17) is 5.11 Å². The van der Waals surface area contributed by atoms with Gasteiger partial charge < -0.3 is 5.11 Å². The largest absolute Gasteiger partial charge is 0.481 e. The van der Waals surface area contributed by atoms with Crippen molar-refractivity contribution in [3.63, 3.8) is 0 Å². The number of rotatable bonds is 4. The fraction of sp³-hybridized carbons (Fsp3) is 0.182. The SMILES string of the molecule is Cn1nc(-c2ccc(F)cc2F)nc1SCC(=O)O. The first kappa shape index (κ1) is 13.5. The molecule has 0 radical (unpaired) electrons. The Kier molecular flexibility index (Phi) is 3.79. The molecule has 8 heteroatoms. The third-order valence-corrected chi connectivity index (χ3v) is 3.22. The second-order valence-electron chi connectivity index (χ2n) is 3.65. The van der Waals surface area contributed by atoms with Gasteiger partial charge >= 0.3 is 5.97 Å². The Hall–Kier alpha value is -1.96. The topological polar surface area (TPSA) is 68.0 Å². The number of hydrogen-bond acceptors (Lipinski definition) is 4. The summed E-state index contributed by atoms with van der Waals surface area (Å²) in [6.07, 6.45) is 0. The fourth-order valence-electron chi connectivity index (χ4n) is 1.41. The Labute approximate surface area is 111 Å². The monoisotopic (exact) mass is 285 g/mol. The zero-order chi connectivity index (χ0) is 14.0. The Morgan fingerprint density at radius 2 is 2.21 bits per heavy atom. The highest BCUT2D eigenvalue weighted by Crippen LogP contribution is 2.23. The molecule has 2 aromatic rings. The van der Waals surface area contributed by atoms with Crippen LogP contribution >= 0.6 is 11.8 Å². The summed E-state index contributed by atoms with van der Waals surface area (Å²) >= 11 is 0.973. The van der Waals surface area contributed by atoms with Crippen molar-refractivity contribution in [1.29, 1.82) is 0 Å². The Bertz CT molecular complexity index is 630. The number of carboxylic acid groups (broad SMARTS) is 1. The maximum atomic E-state index is 13.6. The molecule has 19 heavy (non-hydrogen) atoms. The molecule has 0 aliphatic heterocycles. The van der Waals surface area contributed by atoms with Crippen molar-refractivity contribution < 1.29 is 18.7 Å². The minimum absolute atomic E-state index is 0.0687. The van der Waals surface area contributed by atoms with Gasteiger partial charge in [0.25, 0.3) is 0 Å². The van der Waals surface area contributed by atoms with E-state index in [1.54, 1.807) is 7.05 Å². The van der Waals surface area contributed by atoms with Crippen LogP contribution in [0.5, 0.6) is 0 Å². The highest BCUT2D eigenvalue weighted by molar-refractivity contribution is 7.99. The molecule has 0 fully saturated rings. The third-order valence-electron chi connectivity index (χ3n) is 2.22. The summed E-state index contributed by atoms with van der Waals surface area (Å²) in [5, 5.41) is 12.9. The second-order valence-corrected chi connectivity index (χ2v) is 4.59. The minimum Gasteiger partial charge on any atom is -0.481 e. The van der Waals surface area contributed by atoms with Crippen molar-refractivity contribution in [2.75, 3.05) is 5.75 Å². The number of benzene rings is 1. The van der Waals surface area contributed by atoms with E-state index in [2.05, 4.69) is 10.1 Å². The molecule has 0 saturated carbocycles. The van der Waals surface area contributed by atoms with Crippen LogP contribution in [0.2, 0.25) is 0 Å². The van der Waals surface area contributed by atoms with E-state index in [9.17, 15) is 13.6 Å². The fourth-order valence-corrected chi connectivity index (χ4v) is 2.04. The average Bonchev–Trinajstić information content (AvgIpc) is 2.67. The third kappa shape index (κ3) is 3.08. The van der Waals surface area contributed by atoms with E-state index < -0.39 is 17.6 Å². The quantitative estimate of drug-likeness (QED) is 0.869. The number of nitrogens with zero attached hydrogens (tertiary/aromatic N) is 3. The maximum absolute atomic E-state index is 13.6. The van der Waals surface area contributed by atoms with Crippen molar-refractivity contribution >= 4 is 17.7 Å². The molecule has 1 heterocycles. The molecule has 1 aromatic carbocycles. The van der Waals surface area contributed by atoms with Gasteiger partial charge in [-0.3, -0.25) is 4.79 Å². The van der Waals surface area contributed by atoms with Crippen LogP contribution in [-0.2, 0) is 11.8 Å².